The van der Waals surface area contributed by atoms with Crippen LogP contribution in [0.2, 0.25) is 0 Å². The summed E-state index contributed by atoms with van der Waals surface area (Å²) in [7, 11) is 1.58. The molecule has 2 atom stereocenters. The minimum atomic E-state index is -0.292. The Labute approximate surface area is 167 Å². The van der Waals surface area contributed by atoms with Crippen molar-refractivity contribution >= 4 is 5.97 Å². The first-order valence-corrected chi connectivity index (χ1v) is 11.2. The molecule has 0 radical (unpaired) electrons. The van der Waals surface area contributed by atoms with E-state index in [1.54, 1.807) is 7.11 Å². The van der Waals surface area contributed by atoms with E-state index >= 15 is 0 Å². The van der Waals surface area contributed by atoms with Gasteiger partial charge in [-0.15, -0.1) is 0 Å². The van der Waals surface area contributed by atoms with Crippen molar-refractivity contribution in [2.24, 2.45) is 0 Å². The highest BCUT2D eigenvalue weighted by atomic mass is 16.7. The first kappa shape index (κ1) is 24.2. The third-order valence-electron chi connectivity index (χ3n) is 5.30. The van der Waals surface area contributed by atoms with Gasteiger partial charge in [0.2, 0.25) is 0 Å². The average Bonchev–Trinajstić information content (AvgIpc) is 2.93. The molecule has 0 unspecified atom stereocenters. The van der Waals surface area contributed by atoms with Crippen LogP contribution < -0.4 is 0 Å². The molecule has 1 saturated heterocycles. The standard InChI is InChI=1S/C23H42O4/c1-4-5-6-7-8-9-10-11-12-13-14-15-16-17-18-21-22(26-19-25-3)20(2)27-23(21)24/h18,20,22H,4-17,19H2,1-3H3/b21-18+/t20-,22+/m0/s1. The maximum absolute atomic E-state index is 11.9. The van der Waals surface area contributed by atoms with Gasteiger partial charge < -0.3 is 14.2 Å². The fraction of sp³-hybridized carbons (Fsp3) is 0.870. The summed E-state index contributed by atoms with van der Waals surface area (Å²) < 4.78 is 15.8. The predicted molar refractivity (Wildman–Crippen MR) is 111 cm³/mol. The molecular weight excluding hydrogens is 340 g/mol. The van der Waals surface area contributed by atoms with E-state index in [4.69, 9.17) is 14.2 Å². The number of carbonyl (C=O) groups excluding carboxylic acids is 1. The van der Waals surface area contributed by atoms with Crippen LogP contribution in [0.4, 0.5) is 0 Å². The normalized spacial score (nSPS) is 21.1. The lowest BCUT2D eigenvalue weighted by Gasteiger charge is -2.14. The van der Waals surface area contributed by atoms with Crippen molar-refractivity contribution in [3.05, 3.63) is 11.6 Å². The molecule has 0 aromatic rings. The van der Waals surface area contributed by atoms with Crippen molar-refractivity contribution in [1.82, 2.24) is 0 Å². The summed E-state index contributed by atoms with van der Waals surface area (Å²) in [5.41, 5.74) is 0.665. The number of hydrogen-bond donors (Lipinski definition) is 0. The lowest BCUT2D eigenvalue weighted by molar-refractivity contribution is -0.140. The molecule has 1 fully saturated rings. The van der Waals surface area contributed by atoms with Crippen molar-refractivity contribution in [1.29, 1.82) is 0 Å². The van der Waals surface area contributed by atoms with E-state index in [0.29, 0.717) is 5.57 Å². The number of unbranched alkanes of at least 4 members (excludes halogenated alkanes) is 13. The smallest absolute Gasteiger partial charge is 0.336 e. The second kappa shape index (κ2) is 16.1. The number of allylic oxidation sites excluding steroid dienone is 1. The van der Waals surface area contributed by atoms with Gasteiger partial charge in [0, 0.05) is 7.11 Å². The molecule has 0 amide bonds. The third-order valence-corrected chi connectivity index (χ3v) is 5.30. The molecule has 4 heteroatoms. The molecule has 0 N–H and O–H groups in total. The topological polar surface area (TPSA) is 44.8 Å². The largest absolute Gasteiger partial charge is 0.456 e. The summed E-state index contributed by atoms with van der Waals surface area (Å²) in [6.07, 6.45) is 20.0. The predicted octanol–water partition coefficient (Wildman–Crippen LogP) is 6.33. The summed E-state index contributed by atoms with van der Waals surface area (Å²) in [6, 6.07) is 0. The van der Waals surface area contributed by atoms with Crippen LogP contribution in [0.5, 0.6) is 0 Å². The maximum Gasteiger partial charge on any atom is 0.336 e. The molecule has 4 nitrogen and oxygen atoms in total. The SMILES string of the molecule is CCCCCCCCCCCCCCC/C=C1/C(=O)O[C@@H](C)[C@H]1OCOC. The van der Waals surface area contributed by atoms with Gasteiger partial charge in [-0.1, -0.05) is 90.0 Å². The fourth-order valence-electron chi connectivity index (χ4n) is 3.65. The third kappa shape index (κ3) is 10.9. The highest BCUT2D eigenvalue weighted by Crippen LogP contribution is 2.25. The Morgan fingerprint density at radius 2 is 1.41 bits per heavy atom. The maximum atomic E-state index is 11.9. The Kier molecular flexibility index (Phi) is 14.4. The molecule has 1 rings (SSSR count). The van der Waals surface area contributed by atoms with Crippen LogP contribution in [0.3, 0.4) is 0 Å². The van der Waals surface area contributed by atoms with Gasteiger partial charge in [-0.3, -0.25) is 0 Å². The van der Waals surface area contributed by atoms with Gasteiger partial charge >= 0.3 is 5.97 Å². The van der Waals surface area contributed by atoms with E-state index in [9.17, 15) is 4.79 Å². The zero-order valence-electron chi connectivity index (χ0n) is 18.0. The molecule has 1 heterocycles. The van der Waals surface area contributed by atoms with Crippen LogP contribution in [-0.4, -0.2) is 32.1 Å². The summed E-state index contributed by atoms with van der Waals surface area (Å²) in [5, 5.41) is 0. The average molecular weight is 383 g/mol. The van der Waals surface area contributed by atoms with Gasteiger partial charge in [0.25, 0.3) is 0 Å². The lowest BCUT2D eigenvalue weighted by Crippen LogP contribution is -2.23. The molecule has 0 bridgehead atoms. The highest BCUT2D eigenvalue weighted by Gasteiger charge is 2.37. The Balaban J connectivity index is 2.00. The molecule has 1 aliphatic rings. The molecule has 158 valence electrons. The number of esters is 1. The van der Waals surface area contributed by atoms with Crippen LogP contribution in [-0.2, 0) is 19.0 Å². The second-order valence-corrected chi connectivity index (χ2v) is 7.80. The van der Waals surface area contributed by atoms with Gasteiger partial charge in [-0.25, -0.2) is 4.79 Å². The first-order chi connectivity index (χ1) is 13.2. The summed E-state index contributed by atoms with van der Waals surface area (Å²) in [4.78, 5) is 11.9. The van der Waals surface area contributed by atoms with Gasteiger partial charge in [0.15, 0.2) is 0 Å². The summed E-state index contributed by atoms with van der Waals surface area (Å²) >= 11 is 0. The van der Waals surface area contributed by atoms with Crippen LogP contribution in [0.25, 0.3) is 0 Å². The summed E-state index contributed by atoms with van der Waals surface area (Å²) in [5.74, 6) is -0.238. The van der Waals surface area contributed by atoms with Crippen LogP contribution in [0.15, 0.2) is 11.6 Å². The molecule has 27 heavy (non-hydrogen) atoms. The lowest BCUT2D eigenvalue weighted by atomic mass is 10.0. The van der Waals surface area contributed by atoms with Crippen LogP contribution in [0, 0.1) is 0 Å². The zero-order chi connectivity index (χ0) is 19.7. The molecule has 0 saturated carbocycles. The Bertz CT molecular complexity index is 405. The molecule has 0 aromatic carbocycles. The summed E-state index contributed by atoms with van der Waals surface area (Å²) in [6.45, 7) is 4.32. The van der Waals surface area contributed by atoms with Crippen molar-refractivity contribution in [2.75, 3.05) is 13.9 Å². The van der Waals surface area contributed by atoms with Gasteiger partial charge in [-0.05, 0) is 19.8 Å². The molecule has 0 spiro atoms. The van der Waals surface area contributed by atoms with Crippen molar-refractivity contribution in [3.63, 3.8) is 0 Å². The first-order valence-electron chi connectivity index (χ1n) is 11.2. The number of ether oxygens (including phenoxy) is 3. The van der Waals surface area contributed by atoms with E-state index in [-0.39, 0.29) is 25.0 Å². The van der Waals surface area contributed by atoms with Crippen LogP contribution >= 0.6 is 0 Å². The molecular formula is C23H42O4. The molecule has 1 aliphatic heterocycles. The fourth-order valence-corrected chi connectivity index (χ4v) is 3.65. The van der Waals surface area contributed by atoms with E-state index in [1.165, 1.54) is 77.0 Å². The van der Waals surface area contributed by atoms with Crippen LogP contribution in [0.1, 0.15) is 104 Å². The number of cyclic esters (lactones) is 1. The highest BCUT2D eigenvalue weighted by molar-refractivity contribution is 5.92. The molecule has 0 aliphatic carbocycles. The van der Waals surface area contributed by atoms with Gasteiger partial charge in [0.1, 0.15) is 19.0 Å². The van der Waals surface area contributed by atoms with Crippen molar-refractivity contribution in [2.45, 2.75) is 116 Å². The van der Waals surface area contributed by atoms with E-state index in [1.807, 2.05) is 13.0 Å². The Morgan fingerprint density at radius 1 is 0.889 bits per heavy atom. The Hall–Kier alpha value is -0.870. The van der Waals surface area contributed by atoms with E-state index in [2.05, 4.69) is 6.92 Å². The van der Waals surface area contributed by atoms with Gasteiger partial charge in [0.05, 0.1) is 5.57 Å². The quantitative estimate of drug-likeness (QED) is 0.128. The van der Waals surface area contributed by atoms with Gasteiger partial charge in [-0.2, -0.15) is 0 Å². The van der Waals surface area contributed by atoms with E-state index in [0.717, 1.165) is 12.8 Å². The number of rotatable bonds is 17. The van der Waals surface area contributed by atoms with Crippen molar-refractivity contribution in [3.8, 4) is 0 Å². The monoisotopic (exact) mass is 382 g/mol. The minimum absolute atomic E-state index is 0.182. The zero-order valence-corrected chi connectivity index (χ0v) is 18.0. The Morgan fingerprint density at radius 3 is 1.93 bits per heavy atom. The second-order valence-electron chi connectivity index (χ2n) is 7.80. The van der Waals surface area contributed by atoms with Crippen molar-refractivity contribution < 1.29 is 19.0 Å². The minimum Gasteiger partial charge on any atom is -0.456 e. The number of carbonyl (C=O) groups is 1. The number of hydrogen-bond acceptors (Lipinski definition) is 4. The van der Waals surface area contributed by atoms with E-state index < -0.39 is 0 Å². The molecule has 0 aromatic heterocycles. The number of methoxy groups -OCH3 is 1.